The first-order valence-electron chi connectivity index (χ1n) is 16.2. The smallest absolute Gasteiger partial charge is 0.404 e. The van der Waals surface area contributed by atoms with Gasteiger partial charge in [0, 0.05) is 65.0 Å². The average molecular weight is 697 g/mol. The Bertz CT molecular complexity index is 1790. The van der Waals surface area contributed by atoms with Crippen LogP contribution in [0.1, 0.15) is 44.2 Å². The fourth-order valence-electron chi connectivity index (χ4n) is 5.93. The van der Waals surface area contributed by atoms with Gasteiger partial charge in [-0.2, -0.15) is 9.78 Å². The molecule has 3 heterocycles. The maximum Gasteiger partial charge on any atom is 0.504 e. The molecule has 0 unspecified atom stereocenters. The Morgan fingerprint density at radius 1 is 1.12 bits per heavy atom. The number of nitrogens with one attached hydrogen (secondary N) is 2. The number of allylic oxidation sites excluding steroid dienone is 1. The molecule has 0 spiro atoms. The van der Waals surface area contributed by atoms with Crippen molar-refractivity contribution in [2.75, 3.05) is 39.4 Å². The minimum Gasteiger partial charge on any atom is -0.404 e. The topological polar surface area (TPSA) is 147 Å². The van der Waals surface area contributed by atoms with E-state index in [0.29, 0.717) is 53.9 Å². The van der Waals surface area contributed by atoms with E-state index in [1.807, 2.05) is 19.1 Å². The third-order valence-electron chi connectivity index (χ3n) is 8.47. The van der Waals surface area contributed by atoms with Crippen LogP contribution in [0.4, 0.5) is 18.9 Å². The lowest BCUT2D eigenvalue weighted by atomic mass is 9.79. The molecule has 15 heteroatoms. The maximum absolute atomic E-state index is 14.2. The minimum absolute atomic E-state index is 0. The normalized spacial score (nSPS) is 20.7. The zero-order valence-electron chi connectivity index (χ0n) is 27.7. The Kier molecular flexibility index (Phi) is 11.5. The van der Waals surface area contributed by atoms with Crippen molar-refractivity contribution in [1.82, 2.24) is 30.2 Å². The largest absolute Gasteiger partial charge is 0.504 e. The molecule has 268 valence electrons. The fraction of sp³-hybridized carbons (Fsp3) is 0.343. The lowest BCUT2D eigenvalue weighted by Crippen LogP contribution is -2.59. The Labute approximate surface area is 290 Å². The molecule has 0 aliphatic carbocycles. The lowest BCUT2D eigenvalue weighted by molar-refractivity contribution is -0.212. The van der Waals surface area contributed by atoms with Crippen molar-refractivity contribution in [3.8, 4) is 0 Å². The summed E-state index contributed by atoms with van der Waals surface area (Å²) in [6.45, 7) is 7.04. The van der Waals surface area contributed by atoms with Gasteiger partial charge in [0.25, 0.3) is 11.8 Å². The molecule has 12 nitrogen and oxygen atoms in total. The Hall–Kier alpha value is -5.28. The van der Waals surface area contributed by atoms with E-state index in [0.717, 1.165) is 19.2 Å². The van der Waals surface area contributed by atoms with Crippen LogP contribution in [0.25, 0.3) is 0 Å². The van der Waals surface area contributed by atoms with Gasteiger partial charge in [-0.1, -0.05) is 48.5 Å². The van der Waals surface area contributed by atoms with Gasteiger partial charge in [0.05, 0.1) is 18.9 Å². The first-order valence-corrected chi connectivity index (χ1v) is 16.2. The van der Waals surface area contributed by atoms with E-state index in [-0.39, 0.29) is 32.4 Å². The minimum atomic E-state index is -4.83. The third-order valence-corrected chi connectivity index (χ3v) is 8.47. The number of nitrogens with zero attached hydrogens (tertiary/aromatic N) is 5. The van der Waals surface area contributed by atoms with Crippen molar-refractivity contribution in [1.29, 1.82) is 0 Å². The second-order valence-corrected chi connectivity index (χ2v) is 11.6. The molecule has 5 rings (SSSR count). The number of hydrogen-bond acceptors (Lipinski definition) is 8. The molecule has 3 amide bonds. The van der Waals surface area contributed by atoms with E-state index in [4.69, 9.17) is 15.5 Å². The number of morpholine rings is 1. The van der Waals surface area contributed by atoms with E-state index < -0.39 is 35.8 Å². The molecule has 0 saturated carbocycles. The van der Waals surface area contributed by atoms with Crippen molar-refractivity contribution < 1.29 is 35.1 Å². The summed E-state index contributed by atoms with van der Waals surface area (Å²) in [5.74, 6) is -2.38. The van der Waals surface area contributed by atoms with Crippen LogP contribution in [-0.4, -0.2) is 88.6 Å². The number of halogens is 3. The highest BCUT2D eigenvalue weighted by atomic mass is 19.4. The van der Waals surface area contributed by atoms with Gasteiger partial charge in [0.2, 0.25) is 5.91 Å². The van der Waals surface area contributed by atoms with E-state index in [9.17, 15) is 27.6 Å². The quantitative estimate of drug-likeness (QED) is 0.271. The molecule has 3 aromatic rings. The number of para-hydroxylation sites is 1. The summed E-state index contributed by atoms with van der Waals surface area (Å²) < 4.78 is 44.8. The number of aliphatic imine (C=N–C) groups is 1. The standard InChI is InChI=1S/C35H39F3N8O4.2H2/c1-3-24(22-44-15-17-50-18-16-44)32(47)40-21-23-9-8-10-25(19-23)29-27(20-39)31(41-26-11-6-5-7-12-26)45(4-2)34(49)30(29)42-33(48)28-13-14-46(43-28)35(36,37)38;;/h3,5-14,19-20,29-30H,4,15-18,21-22,39H2,1-2H3,(H,40,47)(H,42,48);2*1H/b24-3+,27-20-,41-31?;;/t29-,30+;;/m1../s1. The van der Waals surface area contributed by atoms with Crippen LogP contribution >= 0.6 is 0 Å². The Balaban J connectivity index is 0.00000364. The first kappa shape index (κ1) is 36.0. The van der Waals surface area contributed by atoms with Crippen LogP contribution in [0.2, 0.25) is 0 Å². The summed E-state index contributed by atoms with van der Waals surface area (Å²) in [5, 5.41) is 8.96. The van der Waals surface area contributed by atoms with Gasteiger partial charge >= 0.3 is 6.30 Å². The highest BCUT2D eigenvalue weighted by Crippen LogP contribution is 2.36. The van der Waals surface area contributed by atoms with Crippen molar-refractivity contribution >= 4 is 29.2 Å². The molecule has 2 atom stereocenters. The van der Waals surface area contributed by atoms with E-state index in [1.165, 1.54) is 11.1 Å². The van der Waals surface area contributed by atoms with Crippen LogP contribution in [0.15, 0.2) is 95.3 Å². The predicted octanol–water partition coefficient (Wildman–Crippen LogP) is 4.06. The molecule has 50 heavy (non-hydrogen) atoms. The van der Waals surface area contributed by atoms with Gasteiger partial charge in [0.1, 0.15) is 17.6 Å². The third kappa shape index (κ3) is 8.29. The highest BCUT2D eigenvalue weighted by molar-refractivity contribution is 6.15. The number of carbonyl (C=O) groups excluding carboxylic acids is 3. The van der Waals surface area contributed by atoms with Gasteiger partial charge in [0.15, 0.2) is 0 Å². The number of nitrogens with two attached hydrogens (primary N) is 1. The number of amides is 3. The first-order chi connectivity index (χ1) is 24.0. The number of hydrogen-bond donors (Lipinski definition) is 3. The van der Waals surface area contributed by atoms with E-state index in [2.05, 4.69) is 20.6 Å². The molecule has 2 aromatic carbocycles. The average Bonchev–Trinajstić information content (AvgIpc) is 3.64. The maximum atomic E-state index is 14.2. The summed E-state index contributed by atoms with van der Waals surface area (Å²) in [4.78, 5) is 49.0. The number of likely N-dealkylation sites (tertiary alicyclic amines) is 1. The number of carbonyl (C=O) groups is 3. The van der Waals surface area contributed by atoms with Gasteiger partial charge in [-0.15, -0.1) is 13.2 Å². The van der Waals surface area contributed by atoms with Crippen LogP contribution in [0.3, 0.4) is 0 Å². The monoisotopic (exact) mass is 696 g/mol. The van der Waals surface area contributed by atoms with Crippen molar-refractivity contribution in [3.05, 3.63) is 107 Å². The van der Waals surface area contributed by atoms with Crippen LogP contribution in [0, 0.1) is 0 Å². The van der Waals surface area contributed by atoms with Gasteiger partial charge in [-0.25, -0.2) is 4.99 Å². The predicted molar refractivity (Wildman–Crippen MR) is 184 cm³/mol. The number of alkyl halides is 3. The van der Waals surface area contributed by atoms with Crippen molar-refractivity contribution in [2.45, 2.75) is 38.7 Å². The van der Waals surface area contributed by atoms with Gasteiger partial charge < -0.3 is 21.1 Å². The molecular formula is C35H43F3N8O4. The summed E-state index contributed by atoms with van der Waals surface area (Å²) in [6.07, 6.45) is -1.10. The summed E-state index contributed by atoms with van der Waals surface area (Å²) in [5.41, 5.74) is 8.57. The molecule has 4 N–H and O–H groups in total. The number of benzene rings is 2. The highest BCUT2D eigenvalue weighted by Gasteiger charge is 2.45. The number of ether oxygens (including phenoxy) is 1. The van der Waals surface area contributed by atoms with Crippen LogP contribution in [-0.2, 0) is 27.2 Å². The molecular weight excluding hydrogens is 653 g/mol. The molecule has 1 aromatic heterocycles. The molecule has 2 aliphatic heterocycles. The Morgan fingerprint density at radius 3 is 2.50 bits per heavy atom. The lowest BCUT2D eigenvalue weighted by Gasteiger charge is -2.40. The van der Waals surface area contributed by atoms with Crippen LogP contribution in [0.5, 0.6) is 0 Å². The summed E-state index contributed by atoms with van der Waals surface area (Å²) >= 11 is 0. The zero-order valence-corrected chi connectivity index (χ0v) is 27.7. The Morgan fingerprint density at radius 2 is 1.86 bits per heavy atom. The van der Waals surface area contributed by atoms with E-state index >= 15 is 0 Å². The van der Waals surface area contributed by atoms with Gasteiger partial charge in [-0.05, 0) is 43.2 Å². The number of amidine groups is 1. The van der Waals surface area contributed by atoms with Gasteiger partial charge in [-0.3, -0.25) is 24.2 Å². The van der Waals surface area contributed by atoms with E-state index in [1.54, 1.807) is 55.5 Å². The number of aromatic nitrogens is 2. The fourth-order valence-corrected chi connectivity index (χ4v) is 5.93. The zero-order chi connectivity index (χ0) is 35.8. The number of rotatable bonds is 10. The molecule has 2 aliphatic rings. The van der Waals surface area contributed by atoms with Crippen molar-refractivity contribution in [3.63, 3.8) is 0 Å². The number of piperidine rings is 1. The summed E-state index contributed by atoms with van der Waals surface area (Å²) in [6, 6.07) is 15.7. The number of likely N-dealkylation sites (N-methyl/N-ethyl adjacent to an activating group) is 1. The molecule has 2 fully saturated rings. The molecule has 0 bridgehead atoms. The summed E-state index contributed by atoms with van der Waals surface area (Å²) in [7, 11) is 0. The molecule has 0 radical (unpaired) electrons. The molecule has 2 saturated heterocycles. The second-order valence-electron chi connectivity index (χ2n) is 11.6. The van der Waals surface area contributed by atoms with Crippen molar-refractivity contribution in [2.24, 2.45) is 10.7 Å². The second kappa shape index (κ2) is 16.0. The SMILES string of the molecule is C/C=C(\CN1CCOCC1)C(=O)NCc1cccc([C@@H]2/C(=C/N)C(=Nc3ccccc3)N(CC)C(=O)[C@H]2NC(=O)c2ccn(C(F)(F)F)n2)c1.[HH].[HH]. The van der Waals surface area contributed by atoms with Crippen LogP contribution < -0.4 is 16.4 Å².